The number of aryl methyl sites for hydroxylation is 2. The van der Waals surface area contributed by atoms with Crippen LogP contribution in [0.4, 0.5) is 5.69 Å². The summed E-state index contributed by atoms with van der Waals surface area (Å²) >= 11 is 5.95. The van der Waals surface area contributed by atoms with Crippen molar-refractivity contribution in [1.29, 1.82) is 0 Å². The van der Waals surface area contributed by atoms with Gasteiger partial charge < -0.3 is 10.6 Å². The van der Waals surface area contributed by atoms with Crippen LogP contribution in [0, 0.1) is 6.92 Å². The number of anilines is 1. The zero-order valence-corrected chi connectivity index (χ0v) is 13.6. The molecule has 1 amide bonds. The van der Waals surface area contributed by atoms with E-state index in [1.54, 1.807) is 30.1 Å². The van der Waals surface area contributed by atoms with Crippen molar-refractivity contribution < 1.29 is 4.79 Å². The third-order valence-electron chi connectivity index (χ3n) is 3.07. The Balaban J connectivity index is 0.00000220. The number of nitrogens with zero attached hydrogens (tertiary/aromatic N) is 2. The summed E-state index contributed by atoms with van der Waals surface area (Å²) in [5.41, 5.74) is 2.49. The number of halogens is 2. The Bertz CT molecular complexity index is 627. The number of amides is 1. The Labute approximate surface area is 135 Å². The maximum atomic E-state index is 12.4. The normalized spacial score (nSPS) is 11.6. The molecule has 2 rings (SSSR count). The monoisotopic (exact) mass is 328 g/mol. The standard InChI is InChI=1S/C14H17ClN4O.ClH/c1-9-4-5-11(15)6-12(9)18-14(20)13(16-2)10-7-17-19(3)8-10;/h4-8,13,16H,1-3H3,(H,18,20);1H. The van der Waals surface area contributed by atoms with Crippen LogP contribution < -0.4 is 10.6 Å². The summed E-state index contributed by atoms with van der Waals surface area (Å²) in [6.07, 6.45) is 3.48. The Morgan fingerprint density at radius 1 is 1.43 bits per heavy atom. The molecule has 0 aliphatic carbocycles. The summed E-state index contributed by atoms with van der Waals surface area (Å²) in [7, 11) is 3.55. The zero-order valence-electron chi connectivity index (χ0n) is 12.1. The van der Waals surface area contributed by atoms with E-state index in [1.807, 2.05) is 26.2 Å². The highest BCUT2D eigenvalue weighted by atomic mass is 35.5. The number of aromatic nitrogens is 2. The molecule has 0 saturated carbocycles. The summed E-state index contributed by atoms with van der Waals surface area (Å²) in [5, 5.41) is 10.5. The highest BCUT2D eigenvalue weighted by Gasteiger charge is 2.20. The molecule has 114 valence electrons. The van der Waals surface area contributed by atoms with E-state index in [2.05, 4.69) is 15.7 Å². The number of carbonyl (C=O) groups excluding carboxylic acids is 1. The van der Waals surface area contributed by atoms with Gasteiger partial charge in [0.2, 0.25) is 5.91 Å². The second-order valence-corrected chi connectivity index (χ2v) is 5.05. The fraction of sp³-hybridized carbons (Fsp3) is 0.286. The van der Waals surface area contributed by atoms with E-state index in [-0.39, 0.29) is 18.3 Å². The molecule has 1 heterocycles. The van der Waals surface area contributed by atoms with Gasteiger partial charge in [-0.1, -0.05) is 17.7 Å². The van der Waals surface area contributed by atoms with Crippen molar-refractivity contribution in [1.82, 2.24) is 15.1 Å². The molecule has 2 N–H and O–H groups in total. The summed E-state index contributed by atoms with van der Waals surface area (Å²) in [4.78, 5) is 12.4. The number of nitrogens with one attached hydrogen (secondary N) is 2. The van der Waals surface area contributed by atoms with Crippen molar-refractivity contribution in [3.8, 4) is 0 Å². The van der Waals surface area contributed by atoms with Gasteiger partial charge in [0.15, 0.2) is 0 Å². The predicted molar refractivity (Wildman–Crippen MR) is 87.1 cm³/mol. The molecule has 1 atom stereocenters. The lowest BCUT2D eigenvalue weighted by molar-refractivity contribution is -0.118. The molecule has 1 aromatic heterocycles. The highest BCUT2D eigenvalue weighted by Crippen LogP contribution is 2.22. The second-order valence-electron chi connectivity index (χ2n) is 4.62. The summed E-state index contributed by atoms with van der Waals surface area (Å²) in [5.74, 6) is -0.147. The first-order valence-electron chi connectivity index (χ1n) is 6.24. The van der Waals surface area contributed by atoms with Crippen molar-refractivity contribution in [2.45, 2.75) is 13.0 Å². The zero-order chi connectivity index (χ0) is 14.7. The molecule has 0 saturated heterocycles. The molecule has 5 nitrogen and oxygen atoms in total. The Kier molecular flexibility index (Phi) is 6.20. The van der Waals surface area contributed by atoms with Crippen molar-refractivity contribution in [3.63, 3.8) is 0 Å². The van der Waals surface area contributed by atoms with Gasteiger partial charge in [0, 0.05) is 29.5 Å². The van der Waals surface area contributed by atoms with Gasteiger partial charge in [-0.15, -0.1) is 12.4 Å². The molecule has 7 heteroatoms. The predicted octanol–water partition coefficient (Wildman–Crippen LogP) is 2.70. The van der Waals surface area contributed by atoms with Gasteiger partial charge in [-0.05, 0) is 31.7 Å². The highest BCUT2D eigenvalue weighted by molar-refractivity contribution is 6.31. The largest absolute Gasteiger partial charge is 0.324 e. The maximum absolute atomic E-state index is 12.4. The first-order chi connectivity index (χ1) is 9.51. The van der Waals surface area contributed by atoms with E-state index in [1.165, 1.54) is 0 Å². The van der Waals surface area contributed by atoms with Crippen LogP contribution in [0.25, 0.3) is 0 Å². The first-order valence-corrected chi connectivity index (χ1v) is 6.62. The minimum Gasteiger partial charge on any atom is -0.324 e. The van der Waals surface area contributed by atoms with Gasteiger partial charge in [-0.2, -0.15) is 5.10 Å². The fourth-order valence-electron chi connectivity index (χ4n) is 1.97. The van der Waals surface area contributed by atoms with Crippen molar-refractivity contribution in [3.05, 3.63) is 46.7 Å². The SMILES string of the molecule is CNC(C(=O)Nc1cc(Cl)ccc1C)c1cnn(C)c1.Cl. The molecule has 0 aliphatic rings. The molecule has 0 fully saturated rings. The van der Waals surface area contributed by atoms with E-state index in [0.717, 1.165) is 11.1 Å². The van der Waals surface area contributed by atoms with E-state index < -0.39 is 6.04 Å². The van der Waals surface area contributed by atoms with Gasteiger partial charge in [-0.3, -0.25) is 9.48 Å². The Morgan fingerprint density at radius 2 is 2.14 bits per heavy atom. The van der Waals surface area contributed by atoms with Crippen LogP contribution in [0.1, 0.15) is 17.2 Å². The van der Waals surface area contributed by atoms with Crippen LogP contribution in [0.5, 0.6) is 0 Å². The third-order valence-corrected chi connectivity index (χ3v) is 3.30. The van der Waals surface area contributed by atoms with Crippen LogP contribution in [-0.2, 0) is 11.8 Å². The lowest BCUT2D eigenvalue weighted by Crippen LogP contribution is -2.30. The van der Waals surface area contributed by atoms with Gasteiger partial charge in [-0.25, -0.2) is 0 Å². The average Bonchev–Trinajstić information content (AvgIpc) is 2.81. The van der Waals surface area contributed by atoms with Gasteiger partial charge in [0.25, 0.3) is 0 Å². The molecule has 1 unspecified atom stereocenters. The Hall–Kier alpha value is -1.56. The van der Waals surface area contributed by atoms with E-state index in [0.29, 0.717) is 10.7 Å². The van der Waals surface area contributed by atoms with Gasteiger partial charge in [0.05, 0.1) is 6.20 Å². The molecule has 0 bridgehead atoms. The van der Waals surface area contributed by atoms with Gasteiger partial charge >= 0.3 is 0 Å². The smallest absolute Gasteiger partial charge is 0.246 e. The van der Waals surface area contributed by atoms with E-state index in [4.69, 9.17) is 11.6 Å². The lowest BCUT2D eigenvalue weighted by atomic mass is 10.1. The quantitative estimate of drug-likeness (QED) is 0.907. The topological polar surface area (TPSA) is 59.0 Å². The van der Waals surface area contributed by atoms with Crippen molar-refractivity contribution >= 4 is 35.6 Å². The van der Waals surface area contributed by atoms with Crippen LogP contribution in [0.15, 0.2) is 30.6 Å². The number of benzene rings is 1. The number of hydrogen-bond donors (Lipinski definition) is 2. The van der Waals surface area contributed by atoms with Crippen molar-refractivity contribution in [2.24, 2.45) is 7.05 Å². The minimum absolute atomic E-state index is 0. The Morgan fingerprint density at radius 3 is 2.71 bits per heavy atom. The summed E-state index contributed by atoms with van der Waals surface area (Å²) < 4.78 is 1.66. The van der Waals surface area contributed by atoms with Crippen molar-refractivity contribution in [2.75, 3.05) is 12.4 Å². The summed E-state index contributed by atoms with van der Waals surface area (Å²) in [6, 6.07) is 4.95. The van der Waals surface area contributed by atoms with E-state index in [9.17, 15) is 4.79 Å². The molecule has 0 aliphatic heterocycles. The molecule has 21 heavy (non-hydrogen) atoms. The van der Waals surface area contributed by atoms with Crippen LogP contribution >= 0.6 is 24.0 Å². The molecule has 0 radical (unpaired) electrons. The third kappa shape index (κ3) is 4.20. The molecule has 1 aromatic carbocycles. The maximum Gasteiger partial charge on any atom is 0.246 e. The van der Waals surface area contributed by atoms with Gasteiger partial charge in [0.1, 0.15) is 6.04 Å². The molecule has 2 aromatic rings. The fourth-order valence-corrected chi connectivity index (χ4v) is 2.14. The second kappa shape index (κ2) is 7.45. The van der Waals surface area contributed by atoms with Crippen LogP contribution in [-0.4, -0.2) is 22.7 Å². The van der Waals surface area contributed by atoms with E-state index >= 15 is 0 Å². The number of hydrogen-bond acceptors (Lipinski definition) is 3. The lowest BCUT2D eigenvalue weighted by Gasteiger charge is -2.16. The molecular weight excluding hydrogens is 311 g/mol. The number of likely N-dealkylation sites (N-methyl/N-ethyl adjacent to an activating group) is 1. The molecule has 0 spiro atoms. The number of rotatable bonds is 4. The first kappa shape index (κ1) is 17.5. The molecular formula is C14H18Cl2N4O. The number of carbonyl (C=O) groups is 1. The summed E-state index contributed by atoms with van der Waals surface area (Å²) in [6.45, 7) is 1.92. The minimum atomic E-state index is -0.456. The average molecular weight is 329 g/mol. The van der Waals surface area contributed by atoms with Crippen LogP contribution in [0.2, 0.25) is 5.02 Å². The van der Waals surface area contributed by atoms with Crippen LogP contribution in [0.3, 0.4) is 0 Å².